The maximum Gasteiger partial charge on any atom is 0.409 e. The van der Waals surface area contributed by atoms with E-state index in [4.69, 9.17) is 4.74 Å². The zero-order valence-corrected chi connectivity index (χ0v) is 15.8. The molecular weight excluding hydrogens is 399 g/mol. The fraction of sp³-hybridized carbons (Fsp3) is 0.364. The third kappa shape index (κ3) is 2.24. The second-order valence-electron chi connectivity index (χ2n) is 8.23. The van der Waals surface area contributed by atoms with Gasteiger partial charge in [0.1, 0.15) is 12.0 Å². The number of amides is 1. The van der Waals surface area contributed by atoms with Gasteiger partial charge >= 0.3 is 12.1 Å². The number of rotatable bonds is 3. The van der Waals surface area contributed by atoms with E-state index in [0.717, 1.165) is 27.2 Å². The minimum atomic E-state index is -3.79. The molecule has 2 aromatic carbocycles. The molecule has 1 N–H and O–H groups in total. The monoisotopic (exact) mass is 417 g/mol. The van der Waals surface area contributed by atoms with E-state index in [2.05, 4.69) is 0 Å². The van der Waals surface area contributed by atoms with Crippen LogP contribution in [-0.2, 0) is 9.53 Å². The number of alkyl halides is 3. The summed E-state index contributed by atoms with van der Waals surface area (Å²) in [5.41, 5.74) is -1.56. The molecule has 0 bridgehead atoms. The van der Waals surface area contributed by atoms with Gasteiger partial charge < -0.3 is 14.7 Å². The van der Waals surface area contributed by atoms with Gasteiger partial charge in [-0.25, -0.2) is 18.0 Å². The molecule has 0 unspecified atom stereocenters. The van der Waals surface area contributed by atoms with Crippen LogP contribution in [0.25, 0.3) is 11.1 Å². The molecule has 30 heavy (non-hydrogen) atoms. The lowest BCUT2D eigenvalue weighted by Gasteiger charge is -2.51. The Balaban J connectivity index is 1.35. The van der Waals surface area contributed by atoms with Crippen molar-refractivity contribution in [2.45, 2.75) is 23.9 Å². The molecule has 2 atom stereocenters. The Morgan fingerprint density at radius 3 is 2.07 bits per heavy atom. The lowest BCUT2D eigenvalue weighted by molar-refractivity contribution is -0.273. The summed E-state index contributed by atoms with van der Waals surface area (Å²) in [4.78, 5) is 24.8. The lowest BCUT2D eigenvalue weighted by atomic mass is 9.57. The van der Waals surface area contributed by atoms with Gasteiger partial charge in [-0.05, 0) is 22.3 Å². The van der Waals surface area contributed by atoms with E-state index in [1.165, 1.54) is 0 Å². The summed E-state index contributed by atoms with van der Waals surface area (Å²) >= 11 is 0. The molecule has 2 fully saturated rings. The molecule has 156 valence electrons. The van der Waals surface area contributed by atoms with Crippen LogP contribution >= 0.6 is 0 Å². The topological polar surface area (TPSA) is 66.8 Å². The van der Waals surface area contributed by atoms with Crippen LogP contribution in [0.2, 0.25) is 0 Å². The Morgan fingerprint density at radius 2 is 1.57 bits per heavy atom. The maximum absolute atomic E-state index is 14.9. The highest BCUT2D eigenvalue weighted by Crippen LogP contribution is 2.65. The summed E-state index contributed by atoms with van der Waals surface area (Å²) in [6.45, 7) is -1.69. The highest BCUT2D eigenvalue weighted by Gasteiger charge is 2.85. The van der Waals surface area contributed by atoms with Gasteiger partial charge in [0.25, 0.3) is 5.92 Å². The first-order valence-electron chi connectivity index (χ1n) is 9.60. The molecule has 1 amide bonds. The highest BCUT2D eigenvalue weighted by molar-refractivity contribution is 5.83. The van der Waals surface area contributed by atoms with E-state index >= 15 is 0 Å². The maximum atomic E-state index is 14.9. The second-order valence-corrected chi connectivity index (χ2v) is 8.23. The van der Waals surface area contributed by atoms with Crippen molar-refractivity contribution in [2.24, 2.45) is 5.41 Å². The fourth-order valence-corrected chi connectivity index (χ4v) is 5.12. The van der Waals surface area contributed by atoms with Crippen molar-refractivity contribution in [3.8, 4) is 11.1 Å². The van der Waals surface area contributed by atoms with Gasteiger partial charge in [0.05, 0.1) is 6.54 Å². The van der Waals surface area contributed by atoms with Crippen molar-refractivity contribution in [1.29, 1.82) is 0 Å². The number of likely N-dealkylation sites (tertiary alicyclic amines) is 1. The van der Waals surface area contributed by atoms with Gasteiger partial charge in [0.2, 0.25) is 5.67 Å². The number of fused-ring (bicyclic) bond motifs is 4. The number of carboxylic acids is 1. The van der Waals surface area contributed by atoms with Crippen molar-refractivity contribution in [1.82, 2.24) is 4.90 Å². The van der Waals surface area contributed by atoms with Gasteiger partial charge in [0, 0.05) is 18.9 Å². The van der Waals surface area contributed by atoms with Crippen LogP contribution in [0.3, 0.4) is 0 Å². The van der Waals surface area contributed by atoms with Crippen LogP contribution in [0.4, 0.5) is 18.0 Å². The van der Waals surface area contributed by atoms with Gasteiger partial charge in [-0.2, -0.15) is 0 Å². The zero-order valence-electron chi connectivity index (χ0n) is 15.8. The van der Waals surface area contributed by atoms with E-state index < -0.39 is 48.6 Å². The SMILES string of the molecule is O=C(OCC1c2ccccc2-c2ccccc21)N1C[C@]2(C(=O)O)CC(F)(F)[C@]2(F)C1. The second kappa shape index (κ2) is 6.00. The molecule has 0 aromatic heterocycles. The van der Waals surface area contributed by atoms with E-state index in [-0.39, 0.29) is 12.5 Å². The average Bonchev–Trinajstić information content (AvgIpc) is 3.18. The van der Waals surface area contributed by atoms with Crippen LogP contribution in [0.1, 0.15) is 23.5 Å². The zero-order chi connectivity index (χ0) is 21.3. The smallest absolute Gasteiger partial charge is 0.409 e. The van der Waals surface area contributed by atoms with Crippen LogP contribution in [-0.4, -0.2) is 53.4 Å². The summed E-state index contributed by atoms with van der Waals surface area (Å²) in [6, 6.07) is 15.4. The molecular formula is C22H18F3NO4. The molecule has 5 nitrogen and oxygen atoms in total. The van der Waals surface area contributed by atoms with E-state index in [0.29, 0.717) is 0 Å². The number of carboxylic acid groups (broad SMARTS) is 1. The van der Waals surface area contributed by atoms with Gasteiger partial charge in [-0.3, -0.25) is 4.79 Å². The van der Waals surface area contributed by atoms with Crippen LogP contribution in [0.15, 0.2) is 48.5 Å². The highest BCUT2D eigenvalue weighted by atomic mass is 19.3. The molecule has 1 saturated heterocycles. The number of carbonyl (C=O) groups excluding carboxylic acids is 1. The van der Waals surface area contributed by atoms with E-state index in [9.17, 15) is 27.9 Å². The minimum absolute atomic E-state index is 0.0564. The number of aliphatic carboxylic acids is 1. The van der Waals surface area contributed by atoms with Crippen LogP contribution in [0.5, 0.6) is 0 Å². The first-order valence-corrected chi connectivity index (χ1v) is 9.60. The standard InChI is InChI=1S/C22H18F3NO4/c23-21-12-26(11-20(21,18(27)28)10-22(21,24)25)19(29)30-9-17-15-7-3-1-5-13(15)14-6-2-4-8-16(14)17/h1-8,17H,9-12H2,(H,27,28)/t20-,21-/m0/s1. The number of ether oxygens (including phenoxy) is 1. The Hall–Kier alpha value is -3.03. The quantitative estimate of drug-likeness (QED) is 0.818. The number of hydrogen-bond donors (Lipinski definition) is 1. The van der Waals surface area contributed by atoms with Crippen molar-refractivity contribution < 1.29 is 32.6 Å². The molecule has 0 spiro atoms. The Morgan fingerprint density at radius 1 is 1.00 bits per heavy atom. The normalized spacial score (nSPS) is 28.3. The Bertz CT molecular complexity index is 1030. The van der Waals surface area contributed by atoms with Crippen LogP contribution < -0.4 is 0 Å². The minimum Gasteiger partial charge on any atom is -0.481 e. The number of carbonyl (C=O) groups is 2. The number of halogens is 3. The summed E-state index contributed by atoms with van der Waals surface area (Å²) in [6.07, 6.45) is -2.11. The molecule has 5 rings (SSSR count). The number of nitrogens with zero attached hydrogens (tertiary/aromatic N) is 1. The fourth-order valence-electron chi connectivity index (χ4n) is 5.12. The summed E-state index contributed by atoms with van der Waals surface area (Å²) < 4.78 is 48.0. The van der Waals surface area contributed by atoms with Gasteiger partial charge in [-0.1, -0.05) is 48.5 Å². The van der Waals surface area contributed by atoms with E-state index in [1.54, 1.807) is 0 Å². The molecule has 2 aromatic rings. The summed E-state index contributed by atoms with van der Waals surface area (Å²) in [7, 11) is 0. The predicted octanol–water partition coefficient (Wildman–Crippen LogP) is 4.07. The Kier molecular flexibility index (Phi) is 3.79. The molecule has 0 radical (unpaired) electrons. The molecule has 1 aliphatic heterocycles. The molecule has 1 saturated carbocycles. The first kappa shape index (κ1) is 19.0. The molecule has 2 aliphatic carbocycles. The third-order valence-electron chi connectivity index (χ3n) is 6.74. The van der Waals surface area contributed by atoms with Crippen molar-refractivity contribution in [3.05, 3.63) is 59.7 Å². The molecule has 3 aliphatic rings. The molecule has 1 heterocycles. The lowest BCUT2D eigenvalue weighted by Crippen LogP contribution is -2.71. The van der Waals surface area contributed by atoms with E-state index in [1.807, 2.05) is 48.5 Å². The summed E-state index contributed by atoms with van der Waals surface area (Å²) in [5, 5.41) is 9.36. The average molecular weight is 417 g/mol. The van der Waals surface area contributed by atoms with Crippen molar-refractivity contribution in [2.75, 3.05) is 19.7 Å². The van der Waals surface area contributed by atoms with Gasteiger partial charge in [0.15, 0.2) is 0 Å². The van der Waals surface area contributed by atoms with Gasteiger partial charge in [-0.15, -0.1) is 0 Å². The number of hydrogen-bond acceptors (Lipinski definition) is 3. The molecule has 8 heteroatoms. The van der Waals surface area contributed by atoms with Crippen molar-refractivity contribution in [3.63, 3.8) is 0 Å². The largest absolute Gasteiger partial charge is 0.481 e. The number of benzene rings is 2. The van der Waals surface area contributed by atoms with Crippen LogP contribution in [0, 0.1) is 5.41 Å². The Labute approximate surface area is 170 Å². The third-order valence-corrected chi connectivity index (χ3v) is 6.74. The predicted molar refractivity (Wildman–Crippen MR) is 100 cm³/mol. The summed E-state index contributed by atoms with van der Waals surface area (Å²) in [5.74, 6) is -5.69. The van der Waals surface area contributed by atoms with Crippen molar-refractivity contribution >= 4 is 12.1 Å². The first-order chi connectivity index (χ1) is 14.2.